The van der Waals surface area contributed by atoms with Crippen LogP contribution in [0, 0.1) is 0 Å². The zero-order chi connectivity index (χ0) is 11.9. The highest BCUT2D eigenvalue weighted by Gasteiger charge is 1.99. The minimum Gasteiger partial charge on any atom is -0.411 e. The van der Waals surface area contributed by atoms with Crippen molar-refractivity contribution in [1.29, 1.82) is 0 Å². The number of H-pyrrole nitrogens is 1. The summed E-state index contributed by atoms with van der Waals surface area (Å²) in [6.07, 6.45) is 6.15. The molecule has 0 aliphatic carbocycles. The molecule has 0 aliphatic heterocycles. The van der Waals surface area contributed by atoms with Crippen LogP contribution in [-0.2, 0) is 12.8 Å². The molecule has 1 aromatic heterocycles. The van der Waals surface area contributed by atoms with Gasteiger partial charge < -0.3 is 10.2 Å². The van der Waals surface area contributed by atoms with Gasteiger partial charge >= 0.3 is 0 Å². The van der Waals surface area contributed by atoms with E-state index in [2.05, 4.69) is 39.4 Å². The summed E-state index contributed by atoms with van der Waals surface area (Å²) in [5, 5.41) is 11.3. The number of aryl methyl sites for hydroxylation is 2. The monoisotopic (exact) mass is 229 g/mol. The fourth-order valence-electron chi connectivity index (χ4n) is 1.75. The van der Waals surface area contributed by atoms with Crippen LogP contribution in [0.1, 0.15) is 23.5 Å². The van der Waals surface area contributed by atoms with Crippen molar-refractivity contribution in [3.8, 4) is 0 Å². The van der Waals surface area contributed by atoms with Gasteiger partial charge in [0.15, 0.2) is 5.82 Å². The molecule has 2 N–H and O–H groups in total. The first kappa shape index (κ1) is 11.4. The molecule has 0 aliphatic rings. The van der Waals surface area contributed by atoms with Gasteiger partial charge in [-0.2, -0.15) is 0 Å². The quantitative estimate of drug-likeness (QED) is 0.470. The van der Waals surface area contributed by atoms with E-state index in [1.807, 2.05) is 6.07 Å². The van der Waals surface area contributed by atoms with Crippen molar-refractivity contribution in [2.45, 2.75) is 19.3 Å². The Morgan fingerprint density at radius 3 is 2.82 bits per heavy atom. The molecule has 1 heterocycles. The second kappa shape index (κ2) is 5.84. The third-order valence-corrected chi connectivity index (χ3v) is 2.58. The average Bonchev–Trinajstić information content (AvgIpc) is 2.79. The number of hydrogen-bond donors (Lipinski definition) is 2. The van der Waals surface area contributed by atoms with Crippen LogP contribution in [0.2, 0.25) is 0 Å². The van der Waals surface area contributed by atoms with E-state index in [0.29, 0.717) is 5.82 Å². The molecule has 1 aromatic carbocycles. The Balaban J connectivity index is 1.82. The van der Waals surface area contributed by atoms with E-state index >= 15 is 0 Å². The van der Waals surface area contributed by atoms with Crippen LogP contribution >= 0.6 is 0 Å². The zero-order valence-electron chi connectivity index (χ0n) is 9.50. The van der Waals surface area contributed by atoms with Crippen LogP contribution < -0.4 is 0 Å². The van der Waals surface area contributed by atoms with Crippen molar-refractivity contribution in [1.82, 2.24) is 9.97 Å². The summed E-state index contributed by atoms with van der Waals surface area (Å²) >= 11 is 0. The SMILES string of the molecule is ON=Cc1ncc(CCCc2ccccc2)[nH]1. The van der Waals surface area contributed by atoms with Crippen molar-refractivity contribution in [3.63, 3.8) is 0 Å². The highest BCUT2D eigenvalue weighted by molar-refractivity contribution is 5.73. The molecular weight excluding hydrogens is 214 g/mol. The van der Waals surface area contributed by atoms with Gasteiger partial charge in [-0.1, -0.05) is 35.5 Å². The molecule has 17 heavy (non-hydrogen) atoms. The number of aromatic amines is 1. The van der Waals surface area contributed by atoms with E-state index in [4.69, 9.17) is 5.21 Å². The number of benzene rings is 1. The Morgan fingerprint density at radius 2 is 2.06 bits per heavy atom. The Morgan fingerprint density at radius 1 is 1.24 bits per heavy atom. The number of rotatable bonds is 5. The summed E-state index contributed by atoms with van der Waals surface area (Å²) in [4.78, 5) is 7.15. The summed E-state index contributed by atoms with van der Waals surface area (Å²) in [6.45, 7) is 0. The third kappa shape index (κ3) is 3.45. The van der Waals surface area contributed by atoms with Gasteiger partial charge in [0.2, 0.25) is 0 Å². The molecule has 0 unspecified atom stereocenters. The topological polar surface area (TPSA) is 61.3 Å². The summed E-state index contributed by atoms with van der Waals surface area (Å²) in [7, 11) is 0. The van der Waals surface area contributed by atoms with Crippen molar-refractivity contribution < 1.29 is 5.21 Å². The van der Waals surface area contributed by atoms with Crippen LogP contribution in [0.4, 0.5) is 0 Å². The Labute approximate surface area is 100 Å². The first-order valence-corrected chi connectivity index (χ1v) is 5.64. The lowest BCUT2D eigenvalue weighted by Crippen LogP contribution is -1.91. The van der Waals surface area contributed by atoms with Crippen LogP contribution in [0.3, 0.4) is 0 Å². The molecule has 0 saturated carbocycles. The molecule has 0 fully saturated rings. The van der Waals surface area contributed by atoms with E-state index < -0.39 is 0 Å². The Bertz CT molecular complexity index is 476. The number of nitrogens with zero attached hydrogens (tertiary/aromatic N) is 2. The molecule has 0 amide bonds. The molecule has 0 atom stereocenters. The van der Waals surface area contributed by atoms with Crippen LogP contribution in [0.15, 0.2) is 41.7 Å². The predicted octanol–water partition coefficient (Wildman–Crippen LogP) is 2.39. The highest BCUT2D eigenvalue weighted by atomic mass is 16.4. The van der Waals surface area contributed by atoms with Gasteiger partial charge in [-0.05, 0) is 24.8 Å². The number of aromatic nitrogens is 2. The van der Waals surface area contributed by atoms with Crippen molar-refractivity contribution in [2.24, 2.45) is 5.16 Å². The van der Waals surface area contributed by atoms with Gasteiger partial charge in [0.05, 0.1) is 0 Å². The lowest BCUT2D eigenvalue weighted by Gasteiger charge is -1.99. The number of hydrogen-bond acceptors (Lipinski definition) is 3. The zero-order valence-corrected chi connectivity index (χ0v) is 9.50. The minimum absolute atomic E-state index is 0.585. The van der Waals surface area contributed by atoms with E-state index in [-0.39, 0.29) is 0 Å². The lowest BCUT2D eigenvalue weighted by atomic mass is 10.1. The molecule has 4 nitrogen and oxygen atoms in total. The van der Waals surface area contributed by atoms with Gasteiger partial charge in [-0.3, -0.25) is 0 Å². The second-order valence-corrected chi connectivity index (χ2v) is 3.88. The van der Waals surface area contributed by atoms with Crippen LogP contribution in [0.25, 0.3) is 0 Å². The van der Waals surface area contributed by atoms with Gasteiger partial charge in [0.25, 0.3) is 0 Å². The van der Waals surface area contributed by atoms with Crippen molar-refractivity contribution in [2.75, 3.05) is 0 Å². The van der Waals surface area contributed by atoms with E-state index in [1.165, 1.54) is 11.8 Å². The Kier molecular flexibility index (Phi) is 3.91. The standard InChI is InChI=1S/C13H15N3O/c17-15-10-13-14-9-12(16-13)8-4-7-11-5-2-1-3-6-11/h1-3,5-6,9-10,17H,4,7-8H2,(H,14,16). The number of oxime groups is 1. The summed E-state index contributed by atoms with van der Waals surface area (Å²) in [5.41, 5.74) is 2.42. The lowest BCUT2D eigenvalue weighted by molar-refractivity contribution is 0.321. The largest absolute Gasteiger partial charge is 0.411 e. The van der Waals surface area contributed by atoms with Crippen LogP contribution in [-0.4, -0.2) is 21.4 Å². The second-order valence-electron chi connectivity index (χ2n) is 3.88. The fraction of sp³-hybridized carbons (Fsp3) is 0.231. The molecule has 0 radical (unpaired) electrons. The van der Waals surface area contributed by atoms with Crippen molar-refractivity contribution >= 4 is 6.21 Å². The number of imidazole rings is 1. The van der Waals surface area contributed by atoms with Gasteiger partial charge in [-0.15, -0.1) is 0 Å². The third-order valence-electron chi connectivity index (χ3n) is 2.58. The number of nitrogens with one attached hydrogen (secondary N) is 1. The van der Waals surface area contributed by atoms with Crippen molar-refractivity contribution in [3.05, 3.63) is 53.6 Å². The van der Waals surface area contributed by atoms with E-state index in [1.54, 1.807) is 6.20 Å². The highest BCUT2D eigenvalue weighted by Crippen LogP contribution is 2.06. The first-order valence-electron chi connectivity index (χ1n) is 5.64. The average molecular weight is 229 g/mol. The molecule has 2 aromatic rings. The van der Waals surface area contributed by atoms with Gasteiger partial charge in [-0.25, -0.2) is 4.98 Å². The Hall–Kier alpha value is -2.10. The maximum atomic E-state index is 8.36. The molecular formula is C13H15N3O. The maximum absolute atomic E-state index is 8.36. The smallest absolute Gasteiger partial charge is 0.152 e. The summed E-state index contributed by atoms with van der Waals surface area (Å²) in [6, 6.07) is 10.4. The normalized spacial score (nSPS) is 11.1. The molecule has 0 saturated heterocycles. The van der Waals surface area contributed by atoms with E-state index in [9.17, 15) is 0 Å². The fourth-order valence-corrected chi connectivity index (χ4v) is 1.75. The predicted molar refractivity (Wildman–Crippen MR) is 66.4 cm³/mol. The molecule has 0 spiro atoms. The van der Waals surface area contributed by atoms with E-state index in [0.717, 1.165) is 25.0 Å². The molecule has 2 rings (SSSR count). The molecule has 88 valence electrons. The molecule has 0 bridgehead atoms. The van der Waals surface area contributed by atoms with Gasteiger partial charge in [0.1, 0.15) is 6.21 Å². The van der Waals surface area contributed by atoms with Gasteiger partial charge in [0, 0.05) is 11.9 Å². The first-order chi connectivity index (χ1) is 8.38. The minimum atomic E-state index is 0.585. The summed E-state index contributed by atoms with van der Waals surface area (Å²) in [5.74, 6) is 0.585. The maximum Gasteiger partial charge on any atom is 0.152 e. The van der Waals surface area contributed by atoms with Crippen LogP contribution in [0.5, 0.6) is 0 Å². The molecule has 4 heteroatoms. The summed E-state index contributed by atoms with van der Waals surface area (Å²) < 4.78 is 0.